The third-order valence-electron chi connectivity index (χ3n) is 11.0. The smallest absolute Gasteiger partial charge is 0.302 e. The van der Waals surface area contributed by atoms with Crippen LogP contribution >= 0.6 is 45.3 Å². The molecule has 0 spiro atoms. The molecule has 362 valence electrons. The van der Waals surface area contributed by atoms with Gasteiger partial charge >= 0.3 is 23.9 Å². The normalized spacial score (nSPS) is 11.2. The fraction of sp³-hybridized carbons (Fsp3) is 0.385. The van der Waals surface area contributed by atoms with Gasteiger partial charge in [0, 0.05) is 79.2 Å². The molecule has 2 aromatic carbocycles. The van der Waals surface area contributed by atoms with E-state index in [9.17, 15) is 19.2 Å². The molecule has 4 heterocycles. The van der Waals surface area contributed by atoms with E-state index in [2.05, 4.69) is 27.7 Å². The van der Waals surface area contributed by atoms with E-state index in [4.69, 9.17) is 37.9 Å². The van der Waals surface area contributed by atoms with Gasteiger partial charge < -0.3 is 37.9 Å². The number of hydrogen-bond acceptors (Lipinski definition) is 16. The molecular weight excluding hydrogens is 945 g/mol. The van der Waals surface area contributed by atoms with Crippen molar-refractivity contribution in [1.82, 2.24) is 0 Å². The Morgan fingerprint density at radius 1 is 0.412 bits per heavy atom. The average Bonchev–Trinajstić information content (AvgIpc) is 3.99. The molecule has 0 aliphatic rings. The van der Waals surface area contributed by atoms with Crippen molar-refractivity contribution in [2.45, 2.75) is 122 Å². The Balaban J connectivity index is 1.61. The number of methoxy groups -OCH3 is 2. The largest absolute Gasteiger partial charge is 0.496 e. The van der Waals surface area contributed by atoms with E-state index in [1.807, 2.05) is 64.1 Å². The SMILES string of the molecule is COc1cccc(OC(C)C)c1-c1sc(-c2sc(-c3sc(-c4sc(-c5c(OC)cccc5OC(C)C)c(COC(C)=O)c4COC(C)=O)c(C)c3C)c(C)c2C)c(COC(C)=O)c1COC(C)=O. The van der Waals surface area contributed by atoms with E-state index in [1.54, 1.807) is 36.9 Å². The first-order chi connectivity index (χ1) is 32.3. The van der Waals surface area contributed by atoms with Crippen LogP contribution in [0.25, 0.3) is 50.1 Å². The predicted molar refractivity (Wildman–Crippen MR) is 271 cm³/mol. The monoisotopic (exact) mass is 1000 g/mol. The molecule has 0 N–H and O–H groups in total. The summed E-state index contributed by atoms with van der Waals surface area (Å²) in [6.45, 7) is 21.4. The molecule has 0 unspecified atom stereocenters. The molecule has 6 rings (SSSR count). The van der Waals surface area contributed by atoms with Crippen LogP contribution in [0.1, 0.15) is 99.9 Å². The molecule has 0 aliphatic carbocycles. The summed E-state index contributed by atoms with van der Waals surface area (Å²) < 4.78 is 47.5. The highest BCUT2D eigenvalue weighted by atomic mass is 32.1. The predicted octanol–water partition coefficient (Wildman–Crippen LogP) is 13.3. The van der Waals surface area contributed by atoms with E-state index >= 15 is 0 Å². The Morgan fingerprint density at radius 2 is 0.662 bits per heavy atom. The van der Waals surface area contributed by atoms with Crippen LogP contribution in [0.5, 0.6) is 23.0 Å². The lowest BCUT2D eigenvalue weighted by atomic mass is 10.0. The summed E-state index contributed by atoms with van der Waals surface area (Å²) >= 11 is 6.30. The van der Waals surface area contributed by atoms with Gasteiger partial charge in [0.2, 0.25) is 0 Å². The van der Waals surface area contributed by atoms with E-state index in [0.29, 0.717) is 45.3 Å². The van der Waals surface area contributed by atoms with Gasteiger partial charge in [0.15, 0.2) is 0 Å². The Kier molecular flexibility index (Phi) is 16.9. The van der Waals surface area contributed by atoms with Gasteiger partial charge in [0.25, 0.3) is 0 Å². The van der Waals surface area contributed by atoms with Crippen molar-refractivity contribution < 1.29 is 57.1 Å². The molecule has 0 amide bonds. The Hall–Kier alpha value is -5.68. The highest BCUT2D eigenvalue weighted by Gasteiger charge is 2.32. The van der Waals surface area contributed by atoms with Gasteiger partial charge in [0.05, 0.1) is 47.3 Å². The number of ether oxygens (including phenoxy) is 8. The first kappa shape index (κ1) is 51.7. The lowest BCUT2D eigenvalue weighted by Gasteiger charge is -2.17. The van der Waals surface area contributed by atoms with Gasteiger partial charge in [-0.1, -0.05) is 12.1 Å². The Bertz CT molecular complexity index is 2660. The van der Waals surface area contributed by atoms with Crippen LogP contribution in [0.2, 0.25) is 0 Å². The molecule has 12 nitrogen and oxygen atoms in total. The molecule has 0 radical (unpaired) electrons. The van der Waals surface area contributed by atoms with Crippen molar-refractivity contribution in [2.24, 2.45) is 0 Å². The zero-order valence-corrected chi connectivity index (χ0v) is 44.2. The third kappa shape index (κ3) is 11.1. The quantitative estimate of drug-likeness (QED) is 0.0563. The van der Waals surface area contributed by atoms with Crippen LogP contribution in [0.3, 0.4) is 0 Å². The van der Waals surface area contributed by atoms with Gasteiger partial charge in [-0.2, -0.15) is 0 Å². The standard InChI is InChI=1S/C52H58O12S4/c1-25(2)63-41-19-15-17-39(57-13)43(41)49-35(21-59-31(9)53)37(23-61-33(11)55)51(67-49)47-29(7)27(5)45(65-47)46-28(6)30(8)48(66-46)52-38(24-62-34(12)56)36(22-60-32(10)54)50(68-52)44-40(58-14)18-16-20-42(44)64-26(3)4/h15-20,25-26H,21-24H2,1-14H3. The molecule has 0 saturated heterocycles. The topological polar surface area (TPSA) is 142 Å². The van der Waals surface area contributed by atoms with E-state index in [-0.39, 0.29) is 38.6 Å². The summed E-state index contributed by atoms with van der Waals surface area (Å²) in [6.07, 6.45) is -0.303. The molecule has 68 heavy (non-hydrogen) atoms. The lowest BCUT2D eigenvalue weighted by molar-refractivity contribution is -0.143. The minimum atomic E-state index is -0.454. The fourth-order valence-electron chi connectivity index (χ4n) is 7.65. The summed E-state index contributed by atoms with van der Waals surface area (Å²) in [6, 6.07) is 11.2. The van der Waals surface area contributed by atoms with E-state index in [1.165, 1.54) is 50.4 Å². The maximum atomic E-state index is 12.5. The van der Waals surface area contributed by atoms with Gasteiger partial charge in [-0.05, 0) is 102 Å². The van der Waals surface area contributed by atoms with Crippen LogP contribution in [0.15, 0.2) is 36.4 Å². The van der Waals surface area contributed by atoms with Crippen molar-refractivity contribution in [2.75, 3.05) is 14.2 Å². The first-order valence-electron chi connectivity index (χ1n) is 22.0. The number of esters is 4. The molecule has 0 aliphatic heterocycles. The highest BCUT2D eigenvalue weighted by molar-refractivity contribution is 7.30. The molecule has 0 saturated carbocycles. The van der Waals surface area contributed by atoms with Crippen LogP contribution in [0.4, 0.5) is 0 Å². The number of benzene rings is 2. The van der Waals surface area contributed by atoms with Crippen LogP contribution in [-0.4, -0.2) is 50.3 Å². The van der Waals surface area contributed by atoms with E-state index < -0.39 is 23.9 Å². The zero-order valence-electron chi connectivity index (χ0n) is 41.0. The summed E-state index contributed by atoms with van der Waals surface area (Å²) in [5.74, 6) is 0.545. The second-order valence-corrected chi connectivity index (χ2v) is 20.7. The molecular formula is C52H58O12S4. The molecule has 4 aromatic heterocycles. The van der Waals surface area contributed by atoms with Gasteiger partial charge in [-0.25, -0.2) is 0 Å². The summed E-state index contributed by atoms with van der Waals surface area (Å²) in [5, 5.41) is 0. The highest BCUT2D eigenvalue weighted by Crippen LogP contribution is 2.57. The Morgan fingerprint density at radius 3 is 0.926 bits per heavy atom. The van der Waals surface area contributed by atoms with Crippen molar-refractivity contribution in [3.05, 3.63) is 80.9 Å². The first-order valence-corrected chi connectivity index (χ1v) is 25.3. The van der Waals surface area contributed by atoms with Crippen molar-refractivity contribution in [3.8, 4) is 73.1 Å². The van der Waals surface area contributed by atoms with Crippen LogP contribution < -0.4 is 18.9 Å². The van der Waals surface area contributed by atoms with Crippen LogP contribution in [0, 0.1) is 27.7 Å². The van der Waals surface area contributed by atoms with Crippen LogP contribution in [-0.2, 0) is 64.6 Å². The molecule has 16 heteroatoms. The molecule has 0 atom stereocenters. The van der Waals surface area contributed by atoms with Crippen molar-refractivity contribution in [1.29, 1.82) is 0 Å². The second-order valence-electron chi connectivity index (χ2n) is 16.6. The third-order valence-corrected chi connectivity index (χ3v) is 16.9. The Labute approximate surface area is 414 Å². The fourth-order valence-corrected chi connectivity index (χ4v) is 13.7. The lowest BCUT2D eigenvalue weighted by Crippen LogP contribution is -2.08. The minimum absolute atomic E-state index is 0.0576. The second kappa shape index (κ2) is 22.2. The summed E-state index contributed by atoms with van der Waals surface area (Å²) in [5.41, 5.74) is 8.45. The number of rotatable bonds is 19. The van der Waals surface area contributed by atoms with Gasteiger partial charge in [-0.15, -0.1) is 45.3 Å². The number of hydrogen-bond donors (Lipinski definition) is 0. The number of carbonyl (C=O) groups is 4. The summed E-state index contributed by atoms with van der Waals surface area (Å²) in [7, 11) is 3.20. The van der Waals surface area contributed by atoms with Crippen molar-refractivity contribution in [3.63, 3.8) is 0 Å². The molecule has 6 aromatic rings. The molecule has 0 bridgehead atoms. The maximum absolute atomic E-state index is 12.5. The number of thiophene rings is 4. The van der Waals surface area contributed by atoms with Crippen molar-refractivity contribution >= 4 is 69.2 Å². The average molecular weight is 1000 g/mol. The van der Waals surface area contributed by atoms with Gasteiger partial charge in [0.1, 0.15) is 49.4 Å². The zero-order chi connectivity index (χ0) is 49.7. The summed E-state index contributed by atoms with van der Waals surface area (Å²) in [4.78, 5) is 57.0. The van der Waals surface area contributed by atoms with Gasteiger partial charge in [-0.3, -0.25) is 19.2 Å². The number of carbonyl (C=O) groups excluding carboxylic acids is 4. The minimum Gasteiger partial charge on any atom is -0.496 e. The van der Waals surface area contributed by atoms with E-state index in [0.717, 1.165) is 72.4 Å². The maximum Gasteiger partial charge on any atom is 0.302 e. The molecule has 0 fully saturated rings.